The smallest absolute Gasteiger partial charge is 0.138 e. The summed E-state index contributed by atoms with van der Waals surface area (Å²) in [4.78, 5) is 11.7. The highest BCUT2D eigenvalue weighted by Crippen LogP contribution is 2.22. The molecule has 88 valence electrons. The summed E-state index contributed by atoms with van der Waals surface area (Å²) >= 11 is 2.09. The van der Waals surface area contributed by atoms with E-state index in [1.807, 2.05) is 32.9 Å². The number of Topliss-reactive ketones (excluding diaryl/α,β-unsaturated/α-hetero) is 1. The fourth-order valence-electron chi connectivity index (χ4n) is 1.34. The Morgan fingerprint density at radius 2 is 2.00 bits per heavy atom. The molecule has 2 nitrogen and oxygen atoms in total. The molecule has 0 amide bonds. The van der Waals surface area contributed by atoms with Crippen LogP contribution in [0.3, 0.4) is 0 Å². The Morgan fingerprint density at radius 3 is 2.50 bits per heavy atom. The van der Waals surface area contributed by atoms with Gasteiger partial charge in [0.1, 0.15) is 11.5 Å². The van der Waals surface area contributed by atoms with E-state index >= 15 is 0 Å². The maximum atomic E-state index is 11.7. The molecule has 0 atom stereocenters. The third kappa shape index (κ3) is 3.77. The molecule has 0 spiro atoms. The molecule has 0 radical (unpaired) electrons. The standard InChI is InChI=1S/C13H17IO2/c1-13(2,3)12(16)7-5-9-4-6-11(15)10(14)8-9/h4,6,8,15H,5,7H2,1-3H3. The van der Waals surface area contributed by atoms with Crippen LogP contribution in [0.15, 0.2) is 18.2 Å². The Morgan fingerprint density at radius 1 is 1.38 bits per heavy atom. The highest BCUT2D eigenvalue weighted by Gasteiger charge is 2.20. The Kier molecular flexibility index (Phi) is 4.35. The van der Waals surface area contributed by atoms with Crippen molar-refractivity contribution in [1.29, 1.82) is 0 Å². The van der Waals surface area contributed by atoms with Crippen LogP contribution in [0.4, 0.5) is 0 Å². The first-order chi connectivity index (χ1) is 7.30. The summed E-state index contributed by atoms with van der Waals surface area (Å²) in [6, 6.07) is 5.47. The molecule has 0 heterocycles. The molecule has 0 aromatic heterocycles. The second-order valence-electron chi connectivity index (χ2n) is 4.96. The van der Waals surface area contributed by atoms with Gasteiger partial charge in [0.15, 0.2) is 0 Å². The van der Waals surface area contributed by atoms with Gasteiger partial charge in [-0.3, -0.25) is 4.79 Å². The van der Waals surface area contributed by atoms with Gasteiger partial charge in [0.2, 0.25) is 0 Å². The molecule has 1 N–H and O–H groups in total. The van der Waals surface area contributed by atoms with Crippen LogP contribution in [0.25, 0.3) is 0 Å². The van der Waals surface area contributed by atoms with E-state index < -0.39 is 0 Å². The van der Waals surface area contributed by atoms with Crippen molar-refractivity contribution in [2.45, 2.75) is 33.6 Å². The van der Waals surface area contributed by atoms with E-state index in [-0.39, 0.29) is 11.2 Å². The van der Waals surface area contributed by atoms with Crippen LogP contribution >= 0.6 is 22.6 Å². The van der Waals surface area contributed by atoms with Crippen molar-refractivity contribution in [3.63, 3.8) is 0 Å². The number of carbonyl (C=O) groups is 1. The topological polar surface area (TPSA) is 37.3 Å². The van der Waals surface area contributed by atoms with Crippen LogP contribution in [-0.4, -0.2) is 10.9 Å². The lowest BCUT2D eigenvalue weighted by Crippen LogP contribution is -2.20. The highest BCUT2D eigenvalue weighted by molar-refractivity contribution is 14.1. The lowest BCUT2D eigenvalue weighted by Gasteiger charge is -2.16. The summed E-state index contributed by atoms with van der Waals surface area (Å²) in [7, 11) is 0. The molecule has 3 heteroatoms. The fourth-order valence-corrected chi connectivity index (χ4v) is 1.92. The monoisotopic (exact) mass is 332 g/mol. The van der Waals surface area contributed by atoms with Crippen molar-refractivity contribution in [2.75, 3.05) is 0 Å². The van der Waals surface area contributed by atoms with E-state index in [2.05, 4.69) is 22.6 Å². The van der Waals surface area contributed by atoms with Gasteiger partial charge in [-0.2, -0.15) is 0 Å². The number of benzene rings is 1. The second kappa shape index (κ2) is 5.17. The van der Waals surface area contributed by atoms with Gasteiger partial charge >= 0.3 is 0 Å². The maximum absolute atomic E-state index is 11.7. The molecule has 0 aliphatic heterocycles. The van der Waals surface area contributed by atoms with E-state index in [0.29, 0.717) is 12.2 Å². The van der Waals surface area contributed by atoms with Gasteiger partial charge in [-0.15, -0.1) is 0 Å². The van der Waals surface area contributed by atoms with Gasteiger partial charge in [-0.1, -0.05) is 26.8 Å². The molecule has 0 bridgehead atoms. The van der Waals surface area contributed by atoms with E-state index in [1.165, 1.54) is 0 Å². The molecule has 16 heavy (non-hydrogen) atoms. The number of aryl methyl sites for hydroxylation is 1. The van der Waals surface area contributed by atoms with E-state index in [1.54, 1.807) is 6.07 Å². The SMILES string of the molecule is CC(C)(C)C(=O)CCc1ccc(O)c(I)c1. The summed E-state index contributed by atoms with van der Waals surface area (Å²) < 4.78 is 0.832. The first kappa shape index (κ1) is 13.5. The minimum atomic E-state index is -0.260. The molecule has 1 aromatic carbocycles. The minimum Gasteiger partial charge on any atom is -0.507 e. The second-order valence-corrected chi connectivity index (χ2v) is 6.12. The van der Waals surface area contributed by atoms with Gasteiger partial charge in [0.05, 0.1) is 3.57 Å². The Bertz CT molecular complexity index is 391. The van der Waals surface area contributed by atoms with Crippen LogP contribution in [0.5, 0.6) is 5.75 Å². The minimum absolute atomic E-state index is 0.260. The summed E-state index contributed by atoms with van der Waals surface area (Å²) in [5.74, 6) is 0.571. The van der Waals surface area contributed by atoms with E-state index in [4.69, 9.17) is 0 Å². The molecule has 1 rings (SSSR count). The van der Waals surface area contributed by atoms with E-state index in [9.17, 15) is 9.90 Å². The first-order valence-corrected chi connectivity index (χ1v) is 6.39. The van der Waals surface area contributed by atoms with Crippen molar-refractivity contribution >= 4 is 28.4 Å². The summed E-state index contributed by atoms with van der Waals surface area (Å²) in [5.41, 5.74) is 0.837. The van der Waals surface area contributed by atoms with Crippen LogP contribution in [-0.2, 0) is 11.2 Å². The zero-order valence-electron chi connectivity index (χ0n) is 9.88. The average Bonchev–Trinajstić information content (AvgIpc) is 2.18. The van der Waals surface area contributed by atoms with Gasteiger partial charge in [-0.05, 0) is 46.7 Å². The first-order valence-electron chi connectivity index (χ1n) is 5.31. The largest absolute Gasteiger partial charge is 0.507 e. The molecule has 0 aliphatic carbocycles. The quantitative estimate of drug-likeness (QED) is 0.860. The molecule has 1 aromatic rings. The van der Waals surface area contributed by atoms with Gasteiger partial charge in [0, 0.05) is 11.8 Å². The van der Waals surface area contributed by atoms with E-state index in [0.717, 1.165) is 15.6 Å². The van der Waals surface area contributed by atoms with Crippen molar-refractivity contribution in [3.8, 4) is 5.75 Å². The predicted octanol–water partition coefficient (Wildman–Crippen LogP) is 3.54. The Hall–Kier alpha value is -0.580. The van der Waals surface area contributed by atoms with Crippen molar-refractivity contribution in [3.05, 3.63) is 27.3 Å². The van der Waals surface area contributed by atoms with Crippen LogP contribution in [0.2, 0.25) is 0 Å². The van der Waals surface area contributed by atoms with Crippen molar-refractivity contribution in [1.82, 2.24) is 0 Å². The number of phenolic OH excluding ortho intramolecular Hbond substituents is 1. The Balaban J connectivity index is 2.62. The van der Waals surface area contributed by atoms with Crippen molar-refractivity contribution in [2.24, 2.45) is 5.41 Å². The lowest BCUT2D eigenvalue weighted by molar-refractivity contribution is -0.126. The number of aromatic hydroxyl groups is 1. The van der Waals surface area contributed by atoms with Crippen LogP contribution in [0.1, 0.15) is 32.8 Å². The normalized spacial score (nSPS) is 11.5. The van der Waals surface area contributed by atoms with Crippen molar-refractivity contribution < 1.29 is 9.90 Å². The number of rotatable bonds is 3. The maximum Gasteiger partial charge on any atom is 0.138 e. The highest BCUT2D eigenvalue weighted by atomic mass is 127. The summed E-state index contributed by atoms with van der Waals surface area (Å²) in [6.45, 7) is 5.82. The molecule has 0 saturated carbocycles. The zero-order chi connectivity index (χ0) is 12.3. The third-order valence-electron chi connectivity index (χ3n) is 2.49. The average molecular weight is 332 g/mol. The number of hydrogen-bond donors (Lipinski definition) is 1. The fraction of sp³-hybridized carbons (Fsp3) is 0.462. The summed E-state index contributed by atoms with van der Waals surface area (Å²) in [6.07, 6.45) is 1.30. The third-order valence-corrected chi connectivity index (χ3v) is 3.35. The predicted molar refractivity (Wildman–Crippen MR) is 73.6 cm³/mol. The summed E-state index contributed by atoms with van der Waals surface area (Å²) in [5, 5.41) is 9.38. The number of halogens is 1. The lowest BCUT2D eigenvalue weighted by atomic mass is 9.87. The number of phenols is 1. The zero-order valence-corrected chi connectivity index (χ0v) is 12.0. The molecule has 0 saturated heterocycles. The van der Waals surface area contributed by atoms with Gasteiger partial charge in [0.25, 0.3) is 0 Å². The van der Waals surface area contributed by atoms with Crippen LogP contribution < -0.4 is 0 Å². The molecular weight excluding hydrogens is 315 g/mol. The molecule has 0 unspecified atom stereocenters. The number of carbonyl (C=O) groups excluding carboxylic acids is 1. The number of ketones is 1. The van der Waals surface area contributed by atoms with Crippen LogP contribution in [0, 0.1) is 8.99 Å². The Labute approximate surface area is 110 Å². The molecular formula is C13H17IO2. The number of hydrogen-bond acceptors (Lipinski definition) is 2. The molecule has 0 aliphatic rings. The van der Waals surface area contributed by atoms with Gasteiger partial charge in [-0.25, -0.2) is 0 Å². The van der Waals surface area contributed by atoms with Gasteiger partial charge < -0.3 is 5.11 Å². The molecule has 0 fully saturated rings.